The fraction of sp³-hybridized carbons (Fsp3) is 0.0667. The highest BCUT2D eigenvalue weighted by atomic mass is 32.2. The molecule has 2 aromatic rings. The van der Waals surface area contributed by atoms with Gasteiger partial charge in [0.2, 0.25) is 0 Å². The molecule has 0 saturated heterocycles. The first-order valence-corrected chi connectivity index (χ1v) is 7.04. The van der Waals surface area contributed by atoms with Crippen molar-refractivity contribution in [2.45, 2.75) is 16.7 Å². The predicted molar refractivity (Wildman–Crippen MR) is 78.5 cm³/mol. The second kappa shape index (κ2) is 5.99. The molecule has 0 unspecified atom stereocenters. The summed E-state index contributed by atoms with van der Waals surface area (Å²) in [5, 5.41) is 0. The van der Waals surface area contributed by atoms with E-state index in [4.69, 9.17) is 0 Å². The van der Waals surface area contributed by atoms with E-state index in [1.165, 1.54) is 15.4 Å². The van der Waals surface area contributed by atoms with E-state index < -0.39 is 0 Å². The van der Waals surface area contributed by atoms with Crippen LogP contribution in [0.2, 0.25) is 0 Å². The van der Waals surface area contributed by atoms with Crippen molar-refractivity contribution in [3.05, 3.63) is 71.0 Å². The van der Waals surface area contributed by atoms with E-state index in [0.717, 1.165) is 4.24 Å². The molecule has 0 N–H and O–H groups in total. The van der Waals surface area contributed by atoms with E-state index in [9.17, 15) is 0 Å². The first-order chi connectivity index (χ1) is 8.24. The van der Waals surface area contributed by atoms with Gasteiger partial charge in [0.25, 0.3) is 0 Å². The van der Waals surface area contributed by atoms with Gasteiger partial charge in [-0.25, -0.2) is 0 Å². The average molecular weight is 258 g/mol. The Morgan fingerprint density at radius 1 is 0.824 bits per heavy atom. The molecule has 0 nitrogen and oxygen atoms in total. The molecule has 2 heteroatoms. The molecular weight excluding hydrogens is 244 g/mol. The van der Waals surface area contributed by atoms with Crippen molar-refractivity contribution < 1.29 is 0 Å². The van der Waals surface area contributed by atoms with Crippen molar-refractivity contribution in [1.29, 1.82) is 0 Å². The number of benzene rings is 2. The van der Waals surface area contributed by atoms with E-state index in [-0.39, 0.29) is 0 Å². The van der Waals surface area contributed by atoms with Gasteiger partial charge in [0.05, 0.1) is 0 Å². The molecule has 2 aromatic carbocycles. The molecule has 2 rings (SSSR count). The van der Waals surface area contributed by atoms with E-state index in [2.05, 4.69) is 49.9 Å². The van der Waals surface area contributed by atoms with Crippen LogP contribution in [-0.2, 0) is 0 Å². The third kappa shape index (κ3) is 3.99. The van der Waals surface area contributed by atoms with Crippen LogP contribution < -0.4 is 0 Å². The van der Waals surface area contributed by atoms with E-state index in [1.54, 1.807) is 23.5 Å². The molecular formula is C15H14S2. The fourth-order valence-electron chi connectivity index (χ4n) is 1.38. The van der Waals surface area contributed by atoms with Crippen molar-refractivity contribution >= 4 is 23.5 Å². The molecule has 0 saturated carbocycles. The van der Waals surface area contributed by atoms with Crippen LogP contribution in [0.1, 0.15) is 5.56 Å². The van der Waals surface area contributed by atoms with Gasteiger partial charge in [-0.2, -0.15) is 0 Å². The van der Waals surface area contributed by atoms with Crippen LogP contribution in [0.4, 0.5) is 0 Å². The van der Waals surface area contributed by atoms with Gasteiger partial charge >= 0.3 is 0 Å². The molecule has 86 valence electrons. The van der Waals surface area contributed by atoms with E-state index in [0.29, 0.717) is 0 Å². The number of aryl methyl sites for hydroxylation is 1. The maximum atomic E-state index is 4.09. The fourth-order valence-corrected chi connectivity index (χ4v) is 3.21. The zero-order chi connectivity index (χ0) is 12.1. The standard InChI is InChI=1S/C15H14S2/c1-12-8-10-15(11-9-12)17-13(2)16-14-6-4-3-5-7-14/h3-11H,2H2,1H3. The maximum absolute atomic E-state index is 4.09. The zero-order valence-electron chi connectivity index (χ0n) is 9.72. The molecule has 0 spiro atoms. The van der Waals surface area contributed by atoms with Crippen molar-refractivity contribution in [3.63, 3.8) is 0 Å². The van der Waals surface area contributed by atoms with Gasteiger partial charge in [-0.1, -0.05) is 66.0 Å². The average Bonchev–Trinajstić information content (AvgIpc) is 2.33. The molecule has 17 heavy (non-hydrogen) atoms. The SMILES string of the molecule is C=C(Sc1ccccc1)Sc1ccc(C)cc1. The van der Waals surface area contributed by atoms with Gasteiger partial charge < -0.3 is 0 Å². The van der Waals surface area contributed by atoms with Crippen molar-refractivity contribution in [1.82, 2.24) is 0 Å². The van der Waals surface area contributed by atoms with E-state index in [1.807, 2.05) is 18.2 Å². The Bertz CT molecular complexity index is 486. The van der Waals surface area contributed by atoms with Gasteiger partial charge in [-0.3, -0.25) is 0 Å². The van der Waals surface area contributed by atoms with Gasteiger partial charge in [-0.05, 0) is 31.2 Å². The Kier molecular flexibility index (Phi) is 4.35. The normalized spacial score (nSPS) is 10.2. The second-order valence-electron chi connectivity index (χ2n) is 3.70. The number of hydrogen-bond donors (Lipinski definition) is 0. The predicted octanol–water partition coefficient (Wildman–Crippen LogP) is 5.35. The van der Waals surface area contributed by atoms with Crippen LogP contribution in [-0.4, -0.2) is 0 Å². The largest absolute Gasteiger partial charge is 0.0834 e. The van der Waals surface area contributed by atoms with Crippen LogP contribution in [0.25, 0.3) is 0 Å². The quantitative estimate of drug-likeness (QED) is 0.678. The van der Waals surface area contributed by atoms with Gasteiger partial charge in [0.1, 0.15) is 0 Å². The molecule has 0 bridgehead atoms. The zero-order valence-corrected chi connectivity index (χ0v) is 11.4. The van der Waals surface area contributed by atoms with Crippen molar-refractivity contribution in [2.24, 2.45) is 0 Å². The van der Waals surface area contributed by atoms with Gasteiger partial charge in [0.15, 0.2) is 0 Å². The first kappa shape index (κ1) is 12.3. The third-order valence-corrected chi connectivity index (χ3v) is 4.20. The lowest BCUT2D eigenvalue weighted by Gasteiger charge is -2.05. The summed E-state index contributed by atoms with van der Waals surface area (Å²) in [5.41, 5.74) is 1.29. The lowest BCUT2D eigenvalue weighted by atomic mass is 10.2. The minimum Gasteiger partial charge on any atom is -0.0834 e. The van der Waals surface area contributed by atoms with Crippen LogP contribution in [0.15, 0.2) is 75.2 Å². The minimum atomic E-state index is 1.10. The molecule has 0 heterocycles. The van der Waals surface area contributed by atoms with Gasteiger partial charge in [0, 0.05) is 14.0 Å². The summed E-state index contributed by atoms with van der Waals surface area (Å²) in [6.45, 7) is 6.19. The van der Waals surface area contributed by atoms with Crippen LogP contribution >= 0.6 is 23.5 Å². The topological polar surface area (TPSA) is 0 Å². The second-order valence-corrected chi connectivity index (χ2v) is 6.30. The highest BCUT2D eigenvalue weighted by Gasteiger charge is 2.00. The Labute approximate surface area is 111 Å². The van der Waals surface area contributed by atoms with Crippen molar-refractivity contribution in [2.75, 3.05) is 0 Å². The Balaban J connectivity index is 1.96. The molecule has 0 amide bonds. The van der Waals surface area contributed by atoms with Crippen LogP contribution in [0, 0.1) is 6.92 Å². The molecule has 0 aliphatic carbocycles. The summed E-state index contributed by atoms with van der Waals surface area (Å²) in [7, 11) is 0. The summed E-state index contributed by atoms with van der Waals surface area (Å²) < 4.78 is 1.10. The maximum Gasteiger partial charge on any atom is 0.0427 e. The molecule has 0 fully saturated rings. The lowest BCUT2D eigenvalue weighted by Crippen LogP contribution is -1.74. The lowest BCUT2D eigenvalue weighted by molar-refractivity contribution is 1.38. The molecule has 0 atom stereocenters. The summed E-state index contributed by atoms with van der Waals surface area (Å²) >= 11 is 3.43. The Morgan fingerprint density at radius 3 is 1.94 bits per heavy atom. The highest BCUT2D eigenvalue weighted by Crippen LogP contribution is 2.37. The van der Waals surface area contributed by atoms with Gasteiger partial charge in [-0.15, -0.1) is 0 Å². The molecule has 0 aliphatic rings. The summed E-state index contributed by atoms with van der Waals surface area (Å²) in [4.78, 5) is 2.47. The number of rotatable bonds is 4. The molecule has 0 aromatic heterocycles. The molecule has 0 radical (unpaired) electrons. The number of thioether (sulfide) groups is 2. The molecule has 0 aliphatic heterocycles. The summed E-state index contributed by atoms with van der Waals surface area (Å²) in [6, 6.07) is 18.9. The van der Waals surface area contributed by atoms with Crippen LogP contribution in [0.3, 0.4) is 0 Å². The smallest absolute Gasteiger partial charge is 0.0427 e. The monoisotopic (exact) mass is 258 g/mol. The summed E-state index contributed by atoms with van der Waals surface area (Å²) in [5.74, 6) is 0. The van der Waals surface area contributed by atoms with E-state index >= 15 is 0 Å². The van der Waals surface area contributed by atoms with Crippen molar-refractivity contribution in [3.8, 4) is 0 Å². The highest BCUT2D eigenvalue weighted by molar-refractivity contribution is 8.22. The Hall–Kier alpha value is -1.12. The number of hydrogen-bond acceptors (Lipinski definition) is 2. The van der Waals surface area contributed by atoms with Crippen LogP contribution in [0.5, 0.6) is 0 Å². The summed E-state index contributed by atoms with van der Waals surface area (Å²) in [6.07, 6.45) is 0. The first-order valence-electron chi connectivity index (χ1n) is 5.40. The minimum absolute atomic E-state index is 1.10. The third-order valence-electron chi connectivity index (χ3n) is 2.23. The Morgan fingerprint density at radius 2 is 1.35 bits per heavy atom.